The molecule has 1 N–H and O–H groups in total. The van der Waals surface area contributed by atoms with Crippen molar-refractivity contribution in [2.75, 3.05) is 0 Å². The molecular weight excluding hydrogens is 431 g/mol. The molecule has 0 aliphatic carbocycles. The lowest BCUT2D eigenvalue weighted by molar-refractivity contribution is -0.122. The average molecular weight is 450 g/mol. The number of nitrogens with one attached hydrogen (secondary N) is 1. The number of azo groups is 1. The van der Waals surface area contributed by atoms with Gasteiger partial charge in [-0.1, -0.05) is 53.0 Å². The summed E-state index contributed by atoms with van der Waals surface area (Å²) in [4.78, 5) is 12.4. The smallest absolute Gasteiger partial charge is 0.220 e. The van der Waals surface area contributed by atoms with E-state index in [4.69, 9.17) is 40.1 Å². The molecule has 0 spiro atoms. The number of carbonyl (C=O) groups excluding carboxylic acids is 1. The molecule has 3 rings (SSSR count). The molecule has 150 valence electrons. The van der Waals surface area contributed by atoms with Crippen LogP contribution < -0.4 is 5.32 Å². The topological polar surface area (TPSA) is 77.6 Å². The van der Waals surface area contributed by atoms with Gasteiger partial charge in [-0.05, 0) is 41.8 Å². The Morgan fingerprint density at radius 1 is 1.14 bits per heavy atom. The van der Waals surface area contributed by atoms with Gasteiger partial charge in [0.1, 0.15) is 0 Å². The Kier molecular flexibility index (Phi) is 7.49. The van der Waals surface area contributed by atoms with Gasteiger partial charge in [0.2, 0.25) is 5.91 Å². The van der Waals surface area contributed by atoms with Gasteiger partial charge in [0.05, 0.1) is 24.2 Å². The van der Waals surface area contributed by atoms with E-state index in [1.54, 1.807) is 18.2 Å². The number of halogens is 3. The second kappa shape index (κ2) is 10.1. The Morgan fingerprint density at radius 3 is 2.55 bits per heavy atom. The number of hydrogen-bond donors (Lipinski definition) is 1. The third-order valence-electron chi connectivity index (χ3n) is 4.77. The predicted molar refractivity (Wildman–Crippen MR) is 114 cm³/mol. The Labute approximate surface area is 184 Å². The van der Waals surface area contributed by atoms with Crippen LogP contribution in [0.5, 0.6) is 0 Å². The molecule has 0 fully saturated rings. The molecule has 5 nitrogen and oxygen atoms in total. The number of unbranched alkanes of at least 4 members (excludes halogenated alkanes) is 1. The van der Waals surface area contributed by atoms with Gasteiger partial charge in [-0.3, -0.25) is 4.79 Å². The highest BCUT2D eigenvalue weighted by atomic mass is 35.5. The largest absolute Gasteiger partial charge is 0.347 e. The van der Waals surface area contributed by atoms with Gasteiger partial charge in [0.25, 0.3) is 0 Å². The minimum Gasteiger partial charge on any atom is -0.347 e. The van der Waals surface area contributed by atoms with E-state index in [9.17, 15) is 4.79 Å². The zero-order valence-corrected chi connectivity index (χ0v) is 17.8. The third kappa shape index (κ3) is 5.70. The highest BCUT2D eigenvalue weighted by Crippen LogP contribution is 2.38. The van der Waals surface area contributed by atoms with Crippen LogP contribution in [-0.2, 0) is 4.79 Å². The van der Waals surface area contributed by atoms with E-state index in [0.717, 1.165) is 11.1 Å². The fraction of sp³-hybridized carbons (Fsp3) is 0.333. The molecule has 0 bridgehead atoms. The first kappa shape index (κ1) is 21.6. The van der Waals surface area contributed by atoms with Crippen molar-refractivity contribution in [3.63, 3.8) is 0 Å². The Balaban J connectivity index is 1.79. The van der Waals surface area contributed by atoms with Crippen LogP contribution in [0.3, 0.4) is 0 Å². The Bertz CT molecular complexity index is 940. The number of rotatable bonds is 7. The summed E-state index contributed by atoms with van der Waals surface area (Å²) in [6, 6.07) is 13.9. The Morgan fingerprint density at radius 2 is 1.86 bits per heavy atom. The first-order valence-corrected chi connectivity index (χ1v) is 10.4. The summed E-state index contributed by atoms with van der Waals surface area (Å²) in [6.45, 7) is 0. The molecule has 0 aromatic heterocycles. The van der Waals surface area contributed by atoms with Gasteiger partial charge in [-0.25, -0.2) is 0 Å². The molecule has 3 atom stereocenters. The quantitative estimate of drug-likeness (QED) is 0.492. The molecule has 1 heterocycles. The molecule has 2 aromatic rings. The normalized spacial score (nSPS) is 19.0. The second-order valence-electron chi connectivity index (χ2n) is 6.82. The van der Waals surface area contributed by atoms with Crippen molar-refractivity contribution in [3.8, 4) is 6.07 Å². The SMILES string of the molecule is N#CCCCC(=O)NC(c1ccc(Cl)cc1Cl)C1CC(c2ccc(Cl)cc2)N=N1. The van der Waals surface area contributed by atoms with Crippen molar-refractivity contribution in [2.24, 2.45) is 10.2 Å². The zero-order valence-electron chi connectivity index (χ0n) is 15.5. The van der Waals surface area contributed by atoms with Crippen molar-refractivity contribution < 1.29 is 4.79 Å². The van der Waals surface area contributed by atoms with E-state index in [-0.39, 0.29) is 24.4 Å². The summed E-state index contributed by atoms with van der Waals surface area (Å²) in [5.41, 5.74) is 1.76. The number of nitrogens with zero attached hydrogens (tertiary/aromatic N) is 3. The molecule has 0 radical (unpaired) electrons. The molecule has 1 aliphatic heterocycles. The van der Waals surface area contributed by atoms with E-state index >= 15 is 0 Å². The summed E-state index contributed by atoms with van der Waals surface area (Å²) in [6.07, 6.45) is 1.73. The number of benzene rings is 2. The predicted octanol–water partition coefficient (Wildman–Crippen LogP) is 6.46. The van der Waals surface area contributed by atoms with Gasteiger partial charge in [0.15, 0.2) is 0 Å². The van der Waals surface area contributed by atoms with Crippen LogP contribution in [0, 0.1) is 11.3 Å². The minimum absolute atomic E-state index is 0.110. The summed E-state index contributed by atoms with van der Waals surface area (Å²) in [7, 11) is 0. The first-order chi connectivity index (χ1) is 14.0. The monoisotopic (exact) mass is 448 g/mol. The molecule has 8 heteroatoms. The standard InChI is InChI=1S/C21H19Cl3N4O/c22-14-6-4-13(5-7-14)18-12-19(28-27-18)21(26-20(29)3-1-2-10-25)16-9-8-15(23)11-17(16)24/h4-9,11,18-19,21H,1-3,12H2,(H,26,29). The summed E-state index contributed by atoms with van der Waals surface area (Å²) < 4.78 is 0. The van der Waals surface area contributed by atoms with Crippen molar-refractivity contribution >= 4 is 40.7 Å². The molecule has 1 amide bonds. The fourth-order valence-corrected chi connectivity index (χ4v) is 3.94. The maximum atomic E-state index is 12.4. The van der Waals surface area contributed by atoms with E-state index in [1.165, 1.54) is 0 Å². The van der Waals surface area contributed by atoms with Crippen LogP contribution in [0.2, 0.25) is 15.1 Å². The highest BCUT2D eigenvalue weighted by molar-refractivity contribution is 6.35. The molecule has 2 aromatic carbocycles. The molecular formula is C21H19Cl3N4O. The summed E-state index contributed by atoms with van der Waals surface area (Å²) >= 11 is 18.4. The van der Waals surface area contributed by atoms with Crippen LogP contribution in [0.4, 0.5) is 0 Å². The van der Waals surface area contributed by atoms with E-state index in [1.807, 2.05) is 30.3 Å². The average Bonchev–Trinajstić information content (AvgIpc) is 3.17. The highest BCUT2D eigenvalue weighted by Gasteiger charge is 2.33. The van der Waals surface area contributed by atoms with Gasteiger partial charge in [-0.15, -0.1) is 0 Å². The first-order valence-electron chi connectivity index (χ1n) is 9.24. The Hall–Kier alpha value is -2.13. The van der Waals surface area contributed by atoms with Crippen LogP contribution in [0.25, 0.3) is 0 Å². The van der Waals surface area contributed by atoms with E-state index in [0.29, 0.717) is 34.3 Å². The van der Waals surface area contributed by atoms with Crippen molar-refractivity contribution in [3.05, 3.63) is 68.7 Å². The number of hydrogen-bond acceptors (Lipinski definition) is 4. The minimum atomic E-state index is -0.435. The number of amides is 1. The fourth-order valence-electron chi connectivity index (χ4n) is 3.29. The third-order valence-corrected chi connectivity index (χ3v) is 5.58. The van der Waals surface area contributed by atoms with Gasteiger partial charge >= 0.3 is 0 Å². The van der Waals surface area contributed by atoms with Crippen molar-refractivity contribution in [2.45, 2.75) is 43.8 Å². The van der Waals surface area contributed by atoms with Gasteiger partial charge in [-0.2, -0.15) is 15.5 Å². The molecule has 0 saturated heterocycles. The molecule has 0 saturated carbocycles. The zero-order chi connectivity index (χ0) is 20.8. The van der Waals surface area contributed by atoms with E-state index in [2.05, 4.69) is 15.5 Å². The van der Waals surface area contributed by atoms with Crippen LogP contribution >= 0.6 is 34.8 Å². The van der Waals surface area contributed by atoms with E-state index < -0.39 is 6.04 Å². The maximum Gasteiger partial charge on any atom is 0.220 e. The molecule has 3 unspecified atom stereocenters. The van der Waals surface area contributed by atoms with Crippen molar-refractivity contribution in [1.82, 2.24) is 5.32 Å². The molecule has 1 aliphatic rings. The summed E-state index contributed by atoms with van der Waals surface area (Å²) in [5.74, 6) is -0.151. The number of nitriles is 1. The second-order valence-corrected chi connectivity index (χ2v) is 8.10. The molecule has 29 heavy (non-hydrogen) atoms. The van der Waals surface area contributed by atoms with Gasteiger partial charge in [0, 0.05) is 34.3 Å². The van der Waals surface area contributed by atoms with Gasteiger partial charge < -0.3 is 5.32 Å². The lowest BCUT2D eigenvalue weighted by Gasteiger charge is -2.24. The summed E-state index contributed by atoms with van der Waals surface area (Å²) in [5, 5.41) is 22.2. The lowest BCUT2D eigenvalue weighted by Crippen LogP contribution is -2.35. The maximum absolute atomic E-state index is 12.4. The van der Waals surface area contributed by atoms with Crippen LogP contribution in [0.15, 0.2) is 52.7 Å². The number of carbonyl (C=O) groups is 1. The van der Waals surface area contributed by atoms with Crippen LogP contribution in [-0.4, -0.2) is 11.9 Å². The lowest BCUT2D eigenvalue weighted by atomic mass is 9.93. The van der Waals surface area contributed by atoms with Crippen LogP contribution in [0.1, 0.15) is 48.9 Å². The van der Waals surface area contributed by atoms with Crippen molar-refractivity contribution in [1.29, 1.82) is 5.26 Å².